The van der Waals surface area contributed by atoms with Crippen molar-refractivity contribution >= 4 is 0 Å². The van der Waals surface area contributed by atoms with Gasteiger partial charge >= 0.3 is 0 Å². The van der Waals surface area contributed by atoms with Crippen LogP contribution in [0.25, 0.3) is 0 Å². The molecule has 136 valence electrons. The maximum Gasteiger partial charge on any atom is 0.244 e. The molecule has 26 heavy (non-hydrogen) atoms. The summed E-state index contributed by atoms with van der Waals surface area (Å²) in [5.41, 5.74) is 8.62. The van der Waals surface area contributed by atoms with Gasteiger partial charge in [-0.2, -0.15) is 5.26 Å². The van der Waals surface area contributed by atoms with Crippen LogP contribution in [0.15, 0.2) is 23.6 Å². The van der Waals surface area contributed by atoms with Crippen molar-refractivity contribution < 1.29 is 18.9 Å². The number of hydrogen-bond acceptors (Lipinski definition) is 7. The Morgan fingerprint density at radius 3 is 2.54 bits per heavy atom. The third-order valence-electron chi connectivity index (χ3n) is 4.42. The summed E-state index contributed by atoms with van der Waals surface area (Å²) in [5, 5.41) is 16.9. The quantitative estimate of drug-likeness (QED) is 0.844. The monoisotopic (exact) mass is 356 g/mol. The van der Waals surface area contributed by atoms with Crippen molar-refractivity contribution in [2.45, 2.75) is 19.3 Å². The highest BCUT2D eigenvalue weighted by atomic mass is 16.5. The highest BCUT2D eigenvalue weighted by molar-refractivity contribution is 5.64. The van der Waals surface area contributed by atoms with Crippen LogP contribution in [-0.4, -0.2) is 31.5 Å². The van der Waals surface area contributed by atoms with Gasteiger partial charge in [0.1, 0.15) is 11.6 Å². The molecule has 1 unspecified atom stereocenters. The van der Waals surface area contributed by atoms with E-state index in [4.69, 9.17) is 24.7 Å². The molecule has 8 nitrogen and oxygen atoms in total. The molecule has 0 fully saturated rings. The minimum atomic E-state index is -0.493. The molecule has 3 N–H and O–H groups in total. The van der Waals surface area contributed by atoms with E-state index in [1.54, 1.807) is 13.2 Å². The van der Waals surface area contributed by atoms with E-state index in [9.17, 15) is 5.26 Å². The van der Waals surface area contributed by atoms with Crippen LogP contribution in [0.2, 0.25) is 0 Å². The summed E-state index contributed by atoms with van der Waals surface area (Å²) in [6.45, 7) is 1.99. The number of fused-ring (bicyclic) bond motifs is 1. The molecular formula is C18H20N4O4. The number of aromatic nitrogens is 2. The summed E-state index contributed by atoms with van der Waals surface area (Å²) in [4.78, 5) is 0. The van der Waals surface area contributed by atoms with Crippen molar-refractivity contribution in [3.63, 3.8) is 0 Å². The number of H-pyrrole nitrogens is 1. The number of ether oxygens (including phenoxy) is 4. The van der Waals surface area contributed by atoms with Gasteiger partial charge in [0.25, 0.3) is 0 Å². The van der Waals surface area contributed by atoms with Crippen molar-refractivity contribution in [3.05, 3.63) is 40.4 Å². The Kier molecular flexibility index (Phi) is 4.63. The van der Waals surface area contributed by atoms with Gasteiger partial charge in [-0.25, -0.2) is 0 Å². The lowest BCUT2D eigenvalue weighted by Crippen LogP contribution is -2.21. The summed E-state index contributed by atoms with van der Waals surface area (Å²) in [6, 6.07) is 5.76. The second kappa shape index (κ2) is 6.88. The summed E-state index contributed by atoms with van der Waals surface area (Å²) < 4.78 is 22.0. The molecule has 1 aromatic heterocycles. The van der Waals surface area contributed by atoms with Gasteiger partial charge in [-0.15, -0.1) is 5.10 Å². The van der Waals surface area contributed by atoms with Gasteiger partial charge in [0.15, 0.2) is 11.5 Å². The van der Waals surface area contributed by atoms with Crippen LogP contribution in [0.5, 0.6) is 23.1 Å². The molecule has 8 heteroatoms. The van der Waals surface area contributed by atoms with Gasteiger partial charge in [-0.1, -0.05) is 13.0 Å². The molecule has 0 bridgehead atoms. The van der Waals surface area contributed by atoms with E-state index in [0.717, 1.165) is 11.3 Å². The molecule has 0 aliphatic carbocycles. The van der Waals surface area contributed by atoms with Gasteiger partial charge in [0.2, 0.25) is 17.5 Å². The molecule has 2 aromatic rings. The van der Waals surface area contributed by atoms with E-state index in [0.29, 0.717) is 40.7 Å². The van der Waals surface area contributed by atoms with Gasteiger partial charge in [-0.05, 0) is 12.5 Å². The Morgan fingerprint density at radius 2 is 1.96 bits per heavy atom. The fraction of sp³-hybridized carbons (Fsp3) is 0.333. The Bertz CT molecular complexity index is 911. The minimum absolute atomic E-state index is 0.0241. The lowest BCUT2D eigenvalue weighted by molar-refractivity contribution is 0.321. The van der Waals surface area contributed by atoms with Crippen molar-refractivity contribution in [1.82, 2.24) is 10.2 Å². The molecule has 3 rings (SSSR count). The average Bonchev–Trinajstić information content (AvgIpc) is 3.07. The topological polar surface area (TPSA) is 115 Å². The van der Waals surface area contributed by atoms with Crippen LogP contribution in [0, 0.1) is 11.3 Å². The van der Waals surface area contributed by atoms with Crippen molar-refractivity contribution in [3.8, 4) is 29.2 Å². The average molecular weight is 356 g/mol. The molecule has 0 saturated heterocycles. The van der Waals surface area contributed by atoms with Crippen molar-refractivity contribution in [2.75, 3.05) is 21.3 Å². The highest BCUT2D eigenvalue weighted by Crippen LogP contribution is 2.50. The van der Waals surface area contributed by atoms with Crippen LogP contribution in [0.4, 0.5) is 0 Å². The maximum atomic E-state index is 9.72. The number of aromatic amines is 1. The number of nitrogens with zero attached hydrogens (tertiary/aromatic N) is 2. The molecule has 1 atom stereocenters. The Labute approximate surface area is 151 Å². The van der Waals surface area contributed by atoms with E-state index < -0.39 is 5.92 Å². The molecule has 0 amide bonds. The predicted octanol–water partition coefficient (Wildman–Crippen LogP) is 2.22. The summed E-state index contributed by atoms with van der Waals surface area (Å²) in [6.07, 6.45) is 0.691. The lowest BCUT2D eigenvalue weighted by atomic mass is 9.83. The first-order chi connectivity index (χ1) is 12.6. The number of rotatable bonds is 5. The zero-order valence-corrected chi connectivity index (χ0v) is 15.0. The highest BCUT2D eigenvalue weighted by Gasteiger charge is 2.37. The van der Waals surface area contributed by atoms with E-state index in [-0.39, 0.29) is 5.88 Å². The lowest BCUT2D eigenvalue weighted by Gasteiger charge is -2.26. The largest absolute Gasteiger partial charge is 0.493 e. The minimum Gasteiger partial charge on any atom is -0.493 e. The zero-order chi connectivity index (χ0) is 18.8. The Morgan fingerprint density at radius 1 is 1.23 bits per heavy atom. The normalized spacial score (nSPS) is 15.7. The zero-order valence-electron chi connectivity index (χ0n) is 15.0. The van der Waals surface area contributed by atoms with Crippen LogP contribution in [-0.2, 0) is 6.42 Å². The number of hydrogen-bond donors (Lipinski definition) is 2. The number of nitrogens with one attached hydrogen (secondary N) is 1. The van der Waals surface area contributed by atoms with Crippen molar-refractivity contribution in [1.29, 1.82) is 5.26 Å². The summed E-state index contributed by atoms with van der Waals surface area (Å²) >= 11 is 0. The van der Waals surface area contributed by atoms with Crippen LogP contribution >= 0.6 is 0 Å². The Hall–Kier alpha value is -3.34. The van der Waals surface area contributed by atoms with E-state index >= 15 is 0 Å². The van der Waals surface area contributed by atoms with Gasteiger partial charge in [0.05, 0.1) is 32.8 Å². The molecule has 1 aliphatic rings. The van der Waals surface area contributed by atoms with E-state index in [2.05, 4.69) is 16.3 Å². The van der Waals surface area contributed by atoms with Gasteiger partial charge in [0, 0.05) is 11.3 Å². The fourth-order valence-corrected chi connectivity index (χ4v) is 3.24. The maximum absolute atomic E-state index is 9.72. The molecule has 2 heterocycles. The molecule has 0 radical (unpaired) electrons. The SMILES string of the molecule is CCc1[nH]nc2c1C(c1ccc(OC)c(OC)c1OC)C(C#N)=C(N)O2. The molecule has 0 saturated carbocycles. The smallest absolute Gasteiger partial charge is 0.244 e. The third-order valence-corrected chi connectivity index (χ3v) is 4.42. The second-order valence-electron chi connectivity index (χ2n) is 5.62. The Balaban J connectivity index is 2.32. The molecule has 1 aliphatic heterocycles. The van der Waals surface area contributed by atoms with Gasteiger partial charge in [-0.3, -0.25) is 5.10 Å². The standard InChI is InChI=1S/C18H20N4O4/c1-5-11-14-13(10(8-19)17(20)26-18(14)22-21-11)9-6-7-12(23-2)16(25-4)15(9)24-3/h6-7,13H,5,20H2,1-4H3,(H,21,22). The van der Waals surface area contributed by atoms with E-state index in [1.165, 1.54) is 14.2 Å². The summed E-state index contributed by atoms with van der Waals surface area (Å²) in [7, 11) is 4.62. The summed E-state index contributed by atoms with van der Waals surface area (Å²) in [5.74, 6) is 1.33. The van der Waals surface area contributed by atoms with Crippen molar-refractivity contribution in [2.24, 2.45) is 5.73 Å². The first-order valence-corrected chi connectivity index (χ1v) is 8.04. The second-order valence-corrected chi connectivity index (χ2v) is 5.62. The van der Waals surface area contributed by atoms with Crippen LogP contribution in [0.3, 0.4) is 0 Å². The number of nitrogens with two attached hydrogens (primary N) is 1. The first-order valence-electron chi connectivity index (χ1n) is 8.04. The van der Waals surface area contributed by atoms with Crippen LogP contribution < -0.4 is 24.7 Å². The number of aryl methyl sites for hydroxylation is 1. The fourth-order valence-electron chi connectivity index (χ4n) is 3.24. The molecular weight excluding hydrogens is 336 g/mol. The van der Waals surface area contributed by atoms with Gasteiger partial charge < -0.3 is 24.7 Å². The third kappa shape index (κ3) is 2.49. The number of allylic oxidation sites excluding steroid dienone is 1. The molecule has 0 spiro atoms. The number of methoxy groups -OCH3 is 3. The molecule has 1 aromatic carbocycles. The first kappa shape index (κ1) is 17.5. The predicted molar refractivity (Wildman–Crippen MR) is 93.4 cm³/mol. The van der Waals surface area contributed by atoms with E-state index in [1.807, 2.05) is 13.0 Å². The number of nitriles is 1. The van der Waals surface area contributed by atoms with Crippen LogP contribution in [0.1, 0.15) is 29.7 Å². The number of benzene rings is 1.